The number of benzene rings is 2. The molecule has 0 aromatic heterocycles. The normalized spacial score (nSPS) is 16.9. The lowest BCUT2D eigenvalue weighted by molar-refractivity contribution is -0.152. The van der Waals surface area contributed by atoms with E-state index in [0.717, 1.165) is 85.9 Å². The molecule has 1 aliphatic carbocycles. The maximum Gasteiger partial charge on any atom is 0.347 e. The van der Waals surface area contributed by atoms with Gasteiger partial charge in [-0.05, 0) is 67.9 Å². The van der Waals surface area contributed by atoms with Gasteiger partial charge < -0.3 is 9.84 Å². The second kappa shape index (κ2) is 11.1. The van der Waals surface area contributed by atoms with Crippen molar-refractivity contribution in [2.45, 2.75) is 103 Å². The van der Waals surface area contributed by atoms with Crippen molar-refractivity contribution in [2.75, 3.05) is 0 Å². The van der Waals surface area contributed by atoms with Crippen molar-refractivity contribution in [3.05, 3.63) is 53.6 Å². The summed E-state index contributed by atoms with van der Waals surface area (Å²) in [4.78, 5) is 32.0. The quantitative estimate of drug-likeness (QED) is 0.365. The van der Waals surface area contributed by atoms with Gasteiger partial charge in [0.15, 0.2) is 5.60 Å². The van der Waals surface area contributed by atoms with Crippen LogP contribution in [0.15, 0.2) is 47.5 Å². The van der Waals surface area contributed by atoms with E-state index in [4.69, 9.17) is 9.73 Å². The highest BCUT2D eigenvalue weighted by atomic mass is 16.5. The topological polar surface area (TPSA) is 79.2 Å². The van der Waals surface area contributed by atoms with Crippen molar-refractivity contribution in [1.29, 1.82) is 0 Å². The monoisotopic (exact) mass is 504 g/mol. The van der Waals surface area contributed by atoms with Crippen molar-refractivity contribution >= 4 is 17.7 Å². The lowest BCUT2D eigenvalue weighted by Crippen LogP contribution is -2.40. The molecule has 6 nitrogen and oxygen atoms in total. The summed E-state index contributed by atoms with van der Waals surface area (Å²) in [5, 5.41) is 9.55. The Kier molecular flexibility index (Phi) is 8.05. The van der Waals surface area contributed by atoms with Crippen LogP contribution in [0.2, 0.25) is 0 Å². The number of carboxylic acid groups (broad SMARTS) is 1. The van der Waals surface area contributed by atoms with Gasteiger partial charge in [0.05, 0.1) is 6.54 Å². The van der Waals surface area contributed by atoms with Crippen LogP contribution >= 0.6 is 0 Å². The molecule has 1 spiro atoms. The molecule has 37 heavy (non-hydrogen) atoms. The average molecular weight is 505 g/mol. The molecule has 1 fully saturated rings. The highest BCUT2D eigenvalue weighted by Crippen LogP contribution is 2.40. The number of carbonyl (C=O) groups is 2. The number of amidine groups is 1. The fourth-order valence-electron chi connectivity index (χ4n) is 5.31. The van der Waals surface area contributed by atoms with E-state index in [0.29, 0.717) is 12.3 Å². The smallest absolute Gasteiger partial charge is 0.347 e. The van der Waals surface area contributed by atoms with Crippen LogP contribution in [-0.4, -0.2) is 38.9 Å². The Morgan fingerprint density at radius 2 is 1.70 bits per heavy atom. The third-order valence-corrected chi connectivity index (χ3v) is 7.58. The molecule has 1 amide bonds. The molecule has 1 saturated carbocycles. The maximum absolute atomic E-state index is 13.4. The number of unbranched alkanes of at least 4 members (excludes halogenated alkanes) is 1. The number of amides is 1. The van der Waals surface area contributed by atoms with E-state index in [1.165, 1.54) is 0 Å². The van der Waals surface area contributed by atoms with Crippen LogP contribution in [0.3, 0.4) is 0 Å². The van der Waals surface area contributed by atoms with Crippen molar-refractivity contribution in [3.63, 3.8) is 0 Å². The summed E-state index contributed by atoms with van der Waals surface area (Å²) in [7, 11) is 0. The first-order chi connectivity index (χ1) is 17.7. The lowest BCUT2D eigenvalue weighted by atomic mass is 9.97. The molecule has 2 aromatic rings. The van der Waals surface area contributed by atoms with E-state index in [2.05, 4.69) is 44.2 Å². The Bertz CT molecular complexity index is 1160. The fourth-order valence-corrected chi connectivity index (χ4v) is 5.31. The van der Waals surface area contributed by atoms with Gasteiger partial charge in [-0.25, -0.2) is 4.79 Å². The van der Waals surface area contributed by atoms with Gasteiger partial charge in [0.2, 0.25) is 0 Å². The number of hydrogen-bond acceptors (Lipinski definition) is 4. The first kappa shape index (κ1) is 26.9. The largest absolute Gasteiger partial charge is 0.478 e. The van der Waals surface area contributed by atoms with Crippen LogP contribution in [0.4, 0.5) is 0 Å². The summed E-state index contributed by atoms with van der Waals surface area (Å²) in [6.45, 7) is 7.94. The molecule has 1 heterocycles. The van der Waals surface area contributed by atoms with Crippen LogP contribution in [0.5, 0.6) is 5.75 Å². The van der Waals surface area contributed by atoms with E-state index in [1.54, 1.807) is 13.8 Å². The van der Waals surface area contributed by atoms with Crippen LogP contribution in [0, 0.1) is 0 Å². The van der Waals surface area contributed by atoms with Gasteiger partial charge in [0, 0.05) is 6.42 Å². The van der Waals surface area contributed by atoms with E-state index < -0.39 is 17.1 Å². The van der Waals surface area contributed by atoms with Gasteiger partial charge in [0.25, 0.3) is 5.91 Å². The molecule has 0 radical (unpaired) electrons. The van der Waals surface area contributed by atoms with Crippen molar-refractivity contribution in [2.24, 2.45) is 4.99 Å². The molecule has 4 rings (SSSR count). The molecule has 0 saturated heterocycles. The first-order valence-electron chi connectivity index (χ1n) is 13.7. The summed E-state index contributed by atoms with van der Waals surface area (Å²) in [5.74, 6) is 0.737. The minimum absolute atomic E-state index is 0.175. The lowest BCUT2D eigenvalue weighted by Gasteiger charge is -2.24. The number of nitrogens with zero attached hydrogens (tertiary/aromatic N) is 2. The molecular weight excluding hydrogens is 464 g/mol. The molecule has 0 atom stereocenters. The van der Waals surface area contributed by atoms with Crippen LogP contribution in [0.1, 0.15) is 90.2 Å². The second-order valence-corrected chi connectivity index (χ2v) is 10.9. The number of hydrogen-bond donors (Lipinski definition) is 1. The van der Waals surface area contributed by atoms with Crippen molar-refractivity contribution < 1.29 is 19.4 Å². The SMILES string of the molecule is CCCCC1=NC2(CCCC2)C(=O)N1Cc1ccc(-c2ccc(CCC)c(OC(C)(C)C(=O)O)c2)cc1. The summed E-state index contributed by atoms with van der Waals surface area (Å²) >= 11 is 0. The van der Waals surface area contributed by atoms with Crippen molar-refractivity contribution in [3.8, 4) is 16.9 Å². The van der Waals surface area contributed by atoms with Gasteiger partial charge in [-0.3, -0.25) is 14.7 Å². The van der Waals surface area contributed by atoms with Gasteiger partial charge in [-0.2, -0.15) is 0 Å². The predicted octanol–water partition coefficient (Wildman–Crippen LogP) is 6.79. The fraction of sp³-hybridized carbons (Fsp3) is 0.516. The third-order valence-electron chi connectivity index (χ3n) is 7.58. The van der Waals surface area contributed by atoms with Gasteiger partial charge in [-0.15, -0.1) is 0 Å². The molecule has 0 bridgehead atoms. The van der Waals surface area contributed by atoms with Crippen molar-refractivity contribution in [1.82, 2.24) is 4.90 Å². The Labute approximate surface area is 220 Å². The minimum atomic E-state index is -1.32. The molecule has 6 heteroatoms. The number of aryl methyl sites for hydroxylation is 1. The predicted molar refractivity (Wildman–Crippen MR) is 147 cm³/mol. The second-order valence-electron chi connectivity index (χ2n) is 10.9. The highest BCUT2D eigenvalue weighted by molar-refractivity contribution is 6.08. The number of carbonyl (C=O) groups excluding carboxylic acids is 1. The molecular formula is C31H40N2O4. The zero-order valence-electron chi connectivity index (χ0n) is 22.7. The van der Waals surface area contributed by atoms with Gasteiger partial charge >= 0.3 is 5.97 Å². The molecule has 2 aromatic carbocycles. The summed E-state index contributed by atoms with van der Waals surface area (Å²) in [5.41, 5.74) is 2.23. The summed E-state index contributed by atoms with van der Waals surface area (Å²) < 4.78 is 5.97. The number of carboxylic acids is 1. The number of aliphatic carboxylic acids is 1. The Morgan fingerprint density at radius 3 is 2.32 bits per heavy atom. The minimum Gasteiger partial charge on any atom is -0.478 e. The molecule has 198 valence electrons. The van der Waals surface area contributed by atoms with E-state index in [1.807, 2.05) is 17.0 Å². The third kappa shape index (κ3) is 5.73. The molecule has 0 unspecified atom stereocenters. The standard InChI is InChI=1S/C31H40N2O4/c1-5-7-11-27-32-31(18-8-9-19-31)28(34)33(27)21-22-12-14-23(15-13-22)25-17-16-24(10-6-2)26(20-25)37-30(3,4)29(35)36/h12-17,20H,5-11,18-19,21H2,1-4H3,(H,35,36). The summed E-state index contributed by atoms with van der Waals surface area (Å²) in [6.07, 6.45) is 8.61. The van der Waals surface area contributed by atoms with Crippen LogP contribution in [-0.2, 0) is 22.6 Å². The Morgan fingerprint density at radius 1 is 1.03 bits per heavy atom. The zero-order valence-corrected chi connectivity index (χ0v) is 22.7. The average Bonchev–Trinajstić information content (AvgIpc) is 3.45. The maximum atomic E-state index is 13.4. The molecule has 2 aliphatic rings. The number of aliphatic imine (C=N–C) groups is 1. The van der Waals surface area contributed by atoms with Crippen LogP contribution in [0.25, 0.3) is 11.1 Å². The number of rotatable bonds is 11. The van der Waals surface area contributed by atoms with Crippen LogP contribution < -0.4 is 4.74 Å². The summed E-state index contributed by atoms with van der Waals surface area (Å²) in [6, 6.07) is 14.3. The van der Waals surface area contributed by atoms with E-state index in [-0.39, 0.29) is 5.91 Å². The number of ether oxygens (including phenoxy) is 1. The highest BCUT2D eigenvalue weighted by Gasteiger charge is 2.49. The Balaban J connectivity index is 1.55. The first-order valence-corrected chi connectivity index (χ1v) is 13.7. The van der Waals surface area contributed by atoms with E-state index >= 15 is 0 Å². The molecule has 1 aliphatic heterocycles. The van der Waals surface area contributed by atoms with Gasteiger partial charge in [0.1, 0.15) is 17.1 Å². The Hall–Kier alpha value is -3.15. The van der Waals surface area contributed by atoms with E-state index in [9.17, 15) is 14.7 Å². The zero-order chi connectivity index (χ0) is 26.6. The van der Waals surface area contributed by atoms with Gasteiger partial charge in [-0.1, -0.05) is 75.9 Å². The molecule has 1 N–H and O–H groups in total.